The summed E-state index contributed by atoms with van der Waals surface area (Å²) in [5, 5.41) is 6.72. The molecule has 1 N–H and O–H groups in total. The molecule has 1 aromatic carbocycles. The van der Waals surface area contributed by atoms with E-state index in [1.807, 2.05) is 24.3 Å². The van der Waals surface area contributed by atoms with E-state index in [2.05, 4.69) is 25.4 Å². The molecule has 2 heterocycles. The van der Waals surface area contributed by atoms with Gasteiger partial charge in [0.2, 0.25) is 5.91 Å². The molecular formula is C15H14N6O2. The van der Waals surface area contributed by atoms with Crippen molar-refractivity contribution in [2.24, 2.45) is 0 Å². The number of carbonyl (C=O) groups is 1. The highest BCUT2D eigenvalue weighted by molar-refractivity contribution is 5.91. The average Bonchev–Trinajstić information content (AvgIpc) is 3.10. The number of nitrogens with zero attached hydrogens (tertiary/aromatic N) is 5. The second-order valence-electron chi connectivity index (χ2n) is 4.67. The summed E-state index contributed by atoms with van der Waals surface area (Å²) in [6.45, 7) is 0. The number of rotatable bonds is 5. The minimum atomic E-state index is -0.168. The molecule has 0 saturated carbocycles. The van der Waals surface area contributed by atoms with Gasteiger partial charge >= 0.3 is 0 Å². The SMILES string of the molecule is COc1ccc(CC(=O)Nc2cc(-n3cncn3)ncn2)cc1. The lowest BCUT2D eigenvalue weighted by Gasteiger charge is -2.06. The number of anilines is 1. The van der Waals surface area contributed by atoms with Crippen molar-refractivity contribution >= 4 is 11.7 Å². The number of benzene rings is 1. The van der Waals surface area contributed by atoms with Crippen molar-refractivity contribution < 1.29 is 9.53 Å². The predicted octanol–water partition coefficient (Wildman–Crippen LogP) is 1.25. The molecular weight excluding hydrogens is 296 g/mol. The Hall–Kier alpha value is -3.29. The maximum Gasteiger partial charge on any atom is 0.229 e. The molecule has 2 aromatic heterocycles. The summed E-state index contributed by atoms with van der Waals surface area (Å²) in [4.78, 5) is 24.1. The van der Waals surface area contributed by atoms with E-state index in [0.29, 0.717) is 11.6 Å². The van der Waals surface area contributed by atoms with Gasteiger partial charge in [0.1, 0.15) is 30.5 Å². The van der Waals surface area contributed by atoms with Gasteiger partial charge in [0, 0.05) is 6.07 Å². The number of methoxy groups -OCH3 is 1. The van der Waals surface area contributed by atoms with Crippen LogP contribution in [0.4, 0.5) is 5.82 Å². The van der Waals surface area contributed by atoms with Crippen molar-refractivity contribution in [3.05, 3.63) is 54.9 Å². The van der Waals surface area contributed by atoms with Crippen LogP contribution in [0.3, 0.4) is 0 Å². The summed E-state index contributed by atoms with van der Waals surface area (Å²) in [5.41, 5.74) is 0.883. The monoisotopic (exact) mass is 310 g/mol. The molecule has 3 rings (SSSR count). The van der Waals surface area contributed by atoms with Crippen molar-refractivity contribution in [2.45, 2.75) is 6.42 Å². The number of hydrogen-bond acceptors (Lipinski definition) is 6. The maximum absolute atomic E-state index is 12.1. The molecule has 0 spiro atoms. The van der Waals surface area contributed by atoms with Crippen molar-refractivity contribution in [1.29, 1.82) is 0 Å². The van der Waals surface area contributed by atoms with E-state index in [1.165, 1.54) is 23.7 Å². The Kier molecular flexibility index (Phi) is 4.23. The van der Waals surface area contributed by atoms with Gasteiger partial charge in [-0.3, -0.25) is 4.79 Å². The van der Waals surface area contributed by atoms with E-state index in [9.17, 15) is 4.79 Å². The smallest absolute Gasteiger partial charge is 0.229 e. The second kappa shape index (κ2) is 6.65. The van der Waals surface area contributed by atoms with Gasteiger partial charge in [-0.1, -0.05) is 12.1 Å². The van der Waals surface area contributed by atoms with E-state index < -0.39 is 0 Å². The van der Waals surface area contributed by atoms with Crippen molar-refractivity contribution in [3.63, 3.8) is 0 Å². The first kappa shape index (κ1) is 14.6. The van der Waals surface area contributed by atoms with Gasteiger partial charge in [-0.25, -0.2) is 19.6 Å². The lowest BCUT2D eigenvalue weighted by molar-refractivity contribution is -0.115. The largest absolute Gasteiger partial charge is 0.497 e. The van der Waals surface area contributed by atoms with Crippen LogP contribution < -0.4 is 10.1 Å². The molecule has 8 nitrogen and oxygen atoms in total. The molecule has 0 bridgehead atoms. The number of hydrogen-bond donors (Lipinski definition) is 1. The van der Waals surface area contributed by atoms with Gasteiger partial charge in [-0.15, -0.1) is 0 Å². The van der Waals surface area contributed by atoms with Gasteiger partial charge in [0.05, 0.1) is 13.5 Å². The molecule has 0 saturated heterocycles. The molecule has 0 aliphatic rings. The van der Waals surface area contributed by atoms with Crippen LogP contribution in [0.1, 0.15) is 5.56 Å². The fourth-order valence-electron chi connectivity index (χ4n) is 1.98. The number of nitrogens with one attached hydrogen (secondary N) is 1. The number of carbonyl (C=O) groups excluding carboxylic acids is 1. The summed E-state index contributed by atoms with van der Waals surface area (Å²) in [7, 11) is 1.60. The average molecular weight is 310 g/mol. The van der Waals surface area contributed by atoms with E-state index in [0.717, 1.165) is 11.3 Å². The highest BCUT2D eigenvalue weighted by Gasteiger charge is 2.07. The minimum Gasteiger partial charge on any atom is -0.497 e. The minimum absolute atomic E-state index is 0.168. The zero-order valence-corrected chi connectivity index (χ0v) is 12.4. The molecule has 0 aliphatic carbocycles. The Morgan fingerprint density at radius 1 is 1.22 bits per heavy atom. The van der Waals surface area contributed by atoms with Crippen LogP contribution in [-0.2, 0) is 11.2 Å². The number of aromatic nitrogens is 5. The second-order valence-corrected chi connectivity index (χ2v) is 4.67. The fraction of sp³-hybridized carbons (Fsp3) is 0.133. The van der Waals surface area contributed by atoms with Crippen LogP contribution in [0, 0.1) is 0 Å². The highest BCUT2D eigenvalue weighted by atomic mass is 16.5. The Labute approximate surface area is 132 Å². The van der Waals surface area contributed by atoms with Gasteiger partial charge < -0.3 is 10.1 Å². The molecule has 8 heteroatoms. The topological polar surface area (TPSA) is 94.8 Å². The lowest BCUT2D eigenvalue weighted by atomic mass is 10.1. The van der Waals surface area contributed by atoms with Gasteiger partial charge in [0.15, 0.2) is 5.82 Å². The summed E-state index contributed by atoms with van der Waals surface area (Å²) >= 11 is 0. The van der Waals surface area contributed by atoms with Crippen molar-refractivity contribution in [2.75, 3.05) is 12.4 Å². The first-order valence-electron chi connectivity index (χ1n) is 6.84. The molecule has 0 atom stereocenters. The van der Waals surface area contributed by atoms with Gasteiger partial charge in [0.25, 0.3) is 0 Å². The first-order chi connectivity index (χ1) is 11.2. The third kappa shape index (κ3) is 3.67. The van der Waals surface area contributed by atoms with Crippen LogP contribution in [0.15, 0.2) is 49.3 Å². The van der Waals surface area contributed by atoms with Crippen molar-refractivity contribution in [3.8, 4) is 11.6 Å². The Morgan fingerprint density at radius 3 is 2.74 bits per heavy atom. The Bertz CT molecular complexity index is 786. The molecule has 0 unspecified atom stereocenters. The number of ether oxygens (including phenoxy) is 1. The van der Waals surface area contributed by atoms with E-state index in [1.54, 1.807) is 13.2 Å². The molecule has 116 valence electrons. The Morgan fingerprint density at radius 2 is 2.04 bits per heavy atom. The third-order valence-electron chi connectivity index (χ3n) is 3.10. The molecule has 23 heavy (non-hydrogen) atoms. The van der Waals surface area contributed by atoms with E-state index in [4.69, 9.17) is 4.74 Å². The quantitative estimate of drug-likeness (QED) is 0.762. The zero-order chi connectivity index (χ0) is 16.1. The van der Waals surface area contributed by atoms with Crippen LogP contribution >= 0.6 is 0 Å². The molecule has 1 amide bonds. The normalized spacial score (nSPS) is 10.3. The van der Waals surface area contributed by atoms with Gasteiger partial charge in [-0.05, 0) is 17.7 Å². The zero-order valence-electron chi connectivity index (χ0n) is 12.4. The summed E-state index contributed by atoms with van der Waals surface area (Å²) in [6.07, 6.45) is 4.53. The summed E-state index contributed by atoms with van der Waals surface area (Å²) in [5.74, 6) is 1.52. The standard InChI is InChI=1S/C15H14N6O2/c1-23-12-4-2-11(3-5-12)6-15(22)20-13-7-14(18-9-17-13)21-10-16-8-19-21/h2-5,7-10H,6H2,1H3,(H,17,18,20,22). The lowest BCUT2D eigenvalue weighted by Crippen LogP contribution is -2.16. The molecule has 3 aromatic rings. The Balaban J connectivity index is 1.66. The third-order valence-corrected chi connectivity index (χ3v) is 3.10. The molecule has 0 radical (unpaired) electrons. The van der Waals surface area contributed by atoms with Crippen LogP contribution in [0.2, 0.25) is 0 Å². The van der Waals surface area contributed by atoms with Crippen LogP contribution in [-0.4, -0.2) is 37.7 Å². The summed E-state index contributed by atoms with van der Waals surface area (Å²) in [6, 6.07) is 8.95. The summed E-state index contributed by atoms with van der Waals surface area (Å²) < 4.78 is 6.57. The van der Waals surface area contributed by atoms with Crippen molar-refractivity contribution in [1.82, 2.24) is 24.7 Å². The highest BCUT2D eigenvalue weighted by Crippen LogP contribution is 2.13. The molecule has 0 fully saturated rings. The van der Waals surface area contributed by atoms with E-state index >= 15 is 0 Å². The van der Waals surface area contributed by atoms with Crippen LogP contribution in [0.5, 0.6) is 5.75 Å². The fourth-order valence-corrected chi connectivity index (χ4v) is 1.98. The van der Waals surface area contributed by atoms with Gasteiger partial charge in [-0.2, -0.15) is 5.10 Å². The predicted molar refractivity (Wildman–Crippen MR) is 82.3 cm³/mol. The maximum atomic E-state index is 12.1. The van der Waals surface area contributed by atoms with E-state index in [-0.39, 0.29) is 12.3 Å². The molecule has 0 aliphatic heterocycles. The number of amides is 1. The van der Waals surface area contributed by atoms with Crippen LogP contribution in [0.25, 0.3) is 5.82 Å². The first-order valence-corrected chi connectivity index (χ1v) is 6.84.